The normalized spacial score (nSPS) is 9.88. The largest absolute Gasteiger partial charge is 0.493 e. The molecule has 0 radical (unpaired) electrons. The lowest BCUT2D eigenvalue weighted by molar-refractivity contribution is 0.169. The minimum absolute atomic E-state index is 0.542. The third-order valence-corrected chi connectivity index (χ3v) is 2.04. The van der Waals surface area contributed by atoms with Gasteiger partial charge in [-0.25, -0.2) is 0 Å². The van der Waals surface area contributed by atoms with Gasteiger partial charge in [-0.2, -0.15) is 0 Å². The van der Waals surface area contributed by atoms with Gasteiger partial charge >= 0.3 is 0 Å². The number of nitrogens with zero attached hydrogens (tertiary/aromatic N) is 2. The maximum Gasteiger partial charge on any atom is 0.206 e. The van der Waals surface area contributed by atoms with Gasteiger partial charge < -0.3 is 14.3 Å². The Labute approximate surface area is 93.1 Å². The summed E-state index contributed by atoms with van der Waals surface area (Å²) in [6, 6.07) is 7.17. The Morgan fingerprint density at radius 2 is 1.88 bits per heavy atom. The van der Waals surface area contributed by atoms with Crippen molar-refractivity contribution in [3.8, 4) is 17.2 Å². The van der Waals surface area contributed by atoms with Crippen molar-refractivity contribution in [3.63, 3.8) is 0 Å². The van der Waals surface area contributed by atoms with Crippen LogP contribution in [-0.4, -0.2) is 24.2 Å². The molecule has 0 aliphatic heterocycles. The van der Waals surface area contributed by atoms with Crippen LogP contribution in [0.2, 0.25) is 0 Å². The first-order valence-electron chi connectivity index (χ1n) is 4.74. The summed E-state index contributed by atoms with van der Waals surface area (Å²) >= 11 is 0. The van der Waals surface area contributed by atoms with Crippen LogP contribution in [-0.2, 0) is 0 Å². The van der Waals surface area contributed by atoms with Gasteiger partial charge in [0.2, 0.25) is 11.5 Å². The van der Waals surface area contributed by atoms with Gasteiger partial charge in [0.15, 0.2) is 5.75 Å². The van der Waals surface area contributed by atoms with E-state index < -0.39 is 0 Å². The summed E-state index contributed by atoms with van der Waals surface area (Å²) in [7, 11) is 3.14. The summed E-state index contributed by atoms with van der Waals surface area (Å²) in [6.07, 6.45) is 3.32. The predicted molar refractivity (Wildman–Crippen MR) is 57.8 cm³/mol. The van der Waals surface area contributed by atoms with Crippen molar-refractivity contribution < 1.29 is 14.3 Å². The Bertz CT molecular complexity index is 454. The molecule has 0 N–H and O–H groups in total. The molecule has 2 aromatic rings. The SMILES string of the molecule is COc1cccc(On2cccn2)c1OC. The Balaban J connectivity index is 2.33. The minimum Gasteiger partial charge on any atom is -0.493 e. The molecule has 5 nitrogen and oxygen atoms in total. The van der Waals surface area contributed by atoms with Gasteiger partial charge in [0, 0.05) is 0 Å². The second kappa shape index (κ2) is 4.57. The van der Waals surface area contributed by atoms with Crippen molar-refractivity contribution >= 4 is 0 Å². The van der Waals surface area contributed by atoms with Gasteiger partial charge in [0.1, 0.15) is 0 Å². The first-order valence-corrected chi connectivity index (χ1v) is 4.74. The fourth-order valence-electron chi connectivity index (χ4n) is 1.34. The molecule has 5 heteroatoms. The van der Waals surface area contributed by atoms with Gasteiger partial charge in [-0.3, -0.25) is 0 Å². The summed E-state index contributed by atoms with van der Waals surface area (Å²) < 4.78 is 10.4. The number of aromatic nitrogens is 2. The second-order valence-corrected chi connectivity index (χ2v) is 2.99. The molecule has 0 spiro atoms. The third-order valence-electron chi connectivity index (χ3n) is 2.04. The summed E-state index contributed by atoms with van der Waals surface area (Å²) in [6.45, 7) is 0. The molecule has 1 heterocycles. The molecule has 0 bridgehead atoms. The van der Waals surface area contributed by atoms with Crippen molar-refractivity contribution in [3.05, 3.63) is 36.7 Å². The maximum atomic E-state index is 5.48. The zero-order chi connectivity index (χ0) is 11.4. The number of hydrogen-bond acceptors (Lipinski definition) is 4. The molecule has 0 atom stereocenters. The molecule has 0 aliphatic rings. The lowest BCUT2D eigenvalue weighted by atomic mass is 10.3. The second-order valence-electron chi connectivity index (χ2n) is 2.99. The standard InChI is InChI=1S/C11H12N2O3/c1-14-9-5-3-6-10(11(9)15-2)16-13-8-4-7-12-13/h3-8H,1-2H3. The average molecular weight is 220 g/mol. The highest BCUT2D eigenvalue weighted by atomic mass is 16.7. The topological polar surface area (TPSA) is 45.5 Å². The number of para-hydroxylation sites is 1. The van der Waals surface area contributed by atoms with Gasteiger partial charge in [-0.15, -0.1) is 9.94 Å². The van der Waals surface area contributed by atoms with Gasteiger partial charge in [-0.1, -0.05) is 6.07 Å². The van der Waals surface area contributed by atoms with E-state index in [2.05, 4.69) is 5.10 Å². The van der Waals surface area contributed by atoms with Crippen LogP contribution >= 0.6 is 0 Å². The molecule has 1 aromatic heterocycles. The highest BCUT2D eigenvalue weighted by molar-refractivity contribution is 5.50. The highest BCUT2D eigenvalue weighted by Gasteiger charge is 2.11. The molecular formula is C11H12N2O3. The van der Waals surface area contributed by atoms with E-state index in [1.54, 1.807) is 44.8 Å². The van der Waals surface area contributed by atoms with Crippen LogP contribution in [0, 0.1) is 0 Å². The minimum atomic E-state index is 0.542. The molecule has 0 fully saturated rings. The van der Waals surface area contributed by atoms with Crippen LogP contribution in [0.25, 0.3) is 0 Å². The number of benzene rings is 1. The molecular weight excluding hydrogens is 208 g/mol. The summed E-state index contributed by atoms with van der Waals surface area (Å²) in [5.41, 5.74) is 0. The fraction of sp³-hybridized carbons (Fsp3) is 0.182. The number of ether oxygens (including phenoxy) is 2. The summed E-state index contributed by atoms with van der Waals surface area (Å²) in [4.78, 5) is 6.83. The molecule has 0 saturated heterocycles. The van der Waals surface area contributed by atoms with Crippen molar-refractivity contribution in [2.24, 2.45) is 0 Å². The van der Waals surface area contributed by atoms with Crippen LogP contribution in [0.3, 0.4) is 0 Å². The molecule has 84 valence electrons. The Kier molecular flexibility index (Phi) is 2.95. The van der Waals surface area contributed by atoms with Gasteiger partial charge in [0.25, 0.3) is 0 Å². The van der Waals surface area contributed by atoms with Gasteiger partial charge in [-0.05, 0) is 18.2 Å². The van der Waals surface area contributed by atoms with E-state index in [0.29, 0.717) is 17.2 Å². The van der Waals surface area contributed by atoms with Crippen molar-refractivity contribution in [1.82, 2.24) is 9.94 Å². The monoisotopic (exact) mass is 220 g/mol. The van der Waals surface area contributed by atoms with Crippen molar-refractivity contribution in [1.29, 1.82) is 0 Å². The number of methoxy groups -OCH3 is 2. The zero-order valence-corrected chi connectivity index (χ0v) is 9.08. The van der Waals surface area contributed by atoms with Crippen molar-refractivity contribution in [2.45, 2.75) is 0 Å². The van der Waals surface area contributed by atoms with Crippen molar-refractivity contribution in [2.75, 3.05) is 14.2 Å². The molecule has 1 aromatic carbocycles. The molecule has 0 saturated carbocycles. The van der Waals surface area contributed by atoms with Crippen LogP contribution in [0.15, 0.2) is 36.7 Å². The lowest BCUT2D eigenvalue weighted by Gasteiger charge is -2.12. The van der Waals surface area contributed by atoms with E-state index in [9.17, 15) is 0 Å². The highest BCUT2D eigenvalue weighted by Crippen LogP contribution is 2.36. The maximum absolute atomic E-state index is 5.48. The lowest BCUT2D eigenvalue weighted by Crippen LogP contribution is -2.06. The zero-order valence-electron chi connectivity index (χ0n) is 9.08. The quantitative estimate of drug-likeness (QED) is 0.787. The molecule has 0 amide bonds. The van der Waals surface area contributed by atoms with E-state index in [-0.39, 0.29) is 0 Å². The van der Waals surface area contributed by atoms with E-state index >= 15 is 0 Å². The van der Waals surface area contributed by atoms with E-state index in [4.69, 9.17) is 14.3 Å². The Hall–Kier alpha value is -2.17. The Morgan fingerprint density at radius 3 is 2.50 bits per heavy atom. The summed E-state index contributed by atoms with van der Waals surface area (Å²) in [5, 5.41) is 3.94. The van der Waals surface area contributed by atoms with Gasteiger partial charge in [0.05, 0.1) is 26.6 Å². The van der Waals surface area contributed by atoms with Crippen LogP contribution in [0.5, 0.6) is 17.2 Å². The van der Waals surface area contributed by atoms with E-state index in [0.717, 1.165) is 0 Å². The first-order chi connectivity index (χ1) is 7.85. The van der Waals surface area contributed by atoms with Crippen LogP contribution < -0.4 is 14.3 Å². The molecule has 0 unspecified atom stereocenters. The fourth-order valence-corrected chi connectivity index (χ4v) is 1.34. The summed E-state index contributed by atoms with van der Waals surface area (Å²) in [5.74, 6) is 1.71. The predicted octanol–water partition coefficient (Wildman–Crippen LogP) is 1.74. The first kappa shape index (κ1) is 10.4. The van der Waals surface area contributed by atoms with E-state index in [1.807, 2.05) is 6.07 Å². The molecule has 0 aliphatic carbocycles. The van der Waals surface area contributed by atoms with Crippen LogP contribution in [0.1, 0.15) is 0 Å². The molecule has 2 rings (SSSR count). The van der Waals surface area contributed by atoms with Crippen LogP contribution in [0.4, 0.5) is 0 Å². The number of hydrogen-bond donors (Lipinski definition) is 0. The number of rotatable bonds is 4. The third kappa shape index (κ3) is 1.93. The average Bonchev–Trinajstić information content (AvgIpc) is 2.81. The van der Waals surface area contributed by atoms with E-state index in [1.165, 1.54) is 4.85 Å². The Morgan fingerprint density at radius 1 is 1.06 bits per heavy atom. The molecule has 16 heavy (non-hydrogen) atoms. The smallest absolute Gasteiger partial charge is 0.206 e.